The Hall–Kier alpha value is -0.300. The molecular formula is C8H17N. The summed E-state index contributed by atoms with van der Waals surface area (Å²) < 4.78 is 0. The maximum absolute atomic E-state index is 3.72. The normalized spacial score (nSPS) is 13.1. The number of hydrogen-bond donors (Lipinski definition) is 1. The van der Waals surface area contributed by atoms with Gasteiger partial charge in [0.1, 0.15) is 0 Å². The first-order valence-corrected chi connectivity index (χ1v) is 3.65. The zero-order valence-electron chi connectivity index (χ0n) is 6.48. The van der Waals surface area contributed by atoms with Crippen LogP contribution in [0.3, 0.4) is 0 Å². The number of nitrogens with one attached hydrogen (secondary N) is 1. The van der Waals surface area contributed by atoms with Crippen molar-refractivity contribution < 1.29 is 0 Å². The van der Waals surface area contributed by atoms with Gasteiger partial charge in [-0.1, -0.05) is 25.8 Å². The maximum Gasteiger partial charge on any atom is 0.0244 e. The van der Waals surface area contributed by atoms with Crippen molar-refractivity contribution in [2.75, 3.05) is 7.05 Å². The Morgan fingerprint density at radius 2 is 2.33 bits per heavy atom. The van der Waals surface area contributed by atoms with E-state index in [2.05, 4.69) is 18.8 Å². The van der Waals surface area contributed by atoms with E-state index < -0.39 is 0 Å². The second-order valence-electron chi connectivity index (χ2n) is 2.27. The van der Waals surface area contributed by atoms with Gasteiger partial charge in [0.15, 0.2) is 0 Å². The summed E-state index contributed by atoms with van der Waals surface area (Å²) in [6.07, 6.45) is 5.75. The molecule has 9 heavy (non-hydrogen) atoms. The lowest BCUT2D eigenvalue weighted by molar-refractivity contribution is 0.580. The monoisotopic (exact) mass is 127 g/mol. The Balaban J connectivity index is 3.20. The van der Waals surface area contributed by atoms with E-state index in [0.29, 0.717) is 6.04 Å². The van der Waals surface area contributed by atoms with Gasteiger partial charge in [0, 0.05) is 6.04 Å². The van der Waals surface area contributed by atoms with Crippen molar-refractivity contribution >= 4 is 0 Å². The molecule has 0 radical (unpaired) electrons. The Bertz CT molecular complexity index is 69.0. The zero-order chi connectivity index (χ0) is 7.11. The summed E-state index contributed by atoms with van der Waals surface area (Å²) in [4.78, 5) is 0. The summed E-state index contributed by atoms with van der Waals surface area (Å²) in [6, 6.07) is 0.518. The molecule has 0 aliphatic rings. The van der Waals surface area contributed by atoms with Gasteiger partial charge in [-0.3, -0.25) is 0 Å². The van der Waals surface area contributed by atoms with Crippen molar-refractivity contribution in [1.82, 2.24) is 5.32 Å². The lowest BCUT2D eigenvalue weighted by Gasteiger charge is -2.08. The molecule has 0 bridgehead atoms. The van der Waals surface area contributed by atoms with Crippen LogP contribution in [0.2, 0.25) is 0 Å². The van der Waals surface area contributed by atoms with E-state index in [1.165, 1.54) is 19.3 Å². The Kier molecular flexibility index (Phi) is 5.64. The smallest absolute Gasteiger partial charge is 0.0244 e. The molecule has 0 unspecified atom stereocenters. The second kappa shape index (κ2) is 5.83. The van der Waals surface area contributed by atoms with Crippen LogP contribution in [-0.4, -0.2) is 13.1 Å². The van der Waals surface area contributed by atoms with Gasteiger partial charge in [0.25, 0.3) is 0 Å². The van der Waals surface area contributed by atoms with Crippen LogP contribution in [0.5, 0.6) is 0 Å². The fraction of sp³-hybridized carbons (Fsp3) is 0.750. The largest absolute Gasteiger partial charge is 0.314 e. The van der Waals surface area contributed by atoms with Gasteiger partial charge in [0.2, 0.25) is 0 Å². The van der Waals surface area contributed by atoms with E-state index in [0.717, 1.165) is 0 Å². The lowest BCUT2D eigenvalue weighted by Crippen LogP contribution is -2.21. The topological polar surface area (TPSA) is 12.0 Å². The lowest BCUT2D eigenvalue weighted by atomic mass is 10.1. The molecule has 0 aromatic heterocycles. The van der Waals surface area contributed by atoms with Crippen molar-refractivity contribution in [1.29, 1.82) is 0 Å². The van der Waals surface area contributed by atoms with Crippen LogP contribution in [0, 0.1) is 0 Å². The molecule has 0 aliphatic heterocycles. The van der Waals surface area contributed by atoms with Crippen LogP contribution in [0.1, 0.15) is 26.2 Å². The highest BCUT2D eigenvalue weighted by atomic mass is 14.8. The van der Waals surface area contributed by atoms with Crippen molar-refractivity contribution in [3.63, 3.8) is 0 Å². The molecule has 0 aromatic rings. The number of rotatable bonds is 5. The van der Waals surface area contributed by atoms with Crippen molar-refractivity contribution in [3.8, 4) is 0 Å². The SMILES string of the molecule is C=C[C@H](CCCC)NC. The number of hydrogen-bond acceptors (Lipinski definition) is 1. The summed E-state index contributed by atoms with van der Waals surface area (Å²) in [5.74, 6) is 0. The number of unbranched alkanes of at least 4 members (excludes halogenated alkanes) is 1. The van der Waals surface area contributed by atoms with Crippen LogP contribution in [0.15, 0.2) is 12.7 Å². The zero-order valence-corrected chi connectivity index (χ0v) is 6.48. The van der Waals surface area contributed by atoms with E-state index in [1.807, 2.05) is 13.1 Å². The maximum atomic E-state index is 3.72. The van der Waals surface area contributed by atoms with Crippen LogP contribution >= 0.6 is 0 Å². The van der Waals surface area contributed by atoms with Gasteiger partial charge < -0.3 is 5.32 Å². The minimum Gasteiger partial charge on any atom is -0.314 e. The van der Waals surface area contributed by atoms with E-state index in [1.54, 1.807) is 0 Å². The first-order valence-electron chi connectivity index (χ1n) is 3.65. The standard InChI is InChI=1S/C8H17N/c1-4-6-7-8(5-2)9-3/h5,8-9H,2,4,6-7H2,1,3H3/t8-/m1/s1. The highest BCUT2D eigenvalue weighted by molar-refractivity contribution is 4.83. The first kappa shape index (κ1) is 8.70. The summed E-state index contributed by atoms with van der Waals surface area (Å²) in [7, 11) is 1.97. The van der Waals surface area contributed by atoms with E-state index in [4.69, 9.17) is 0 Å². The molecule has 0 rings (SSSR count). The molecule has 1 N–H and O–H groups in total. The molecular weight excluding hydrogens is 110 g/mol. The summed E-state index contributed by atoms with van der Waals surface area (Å²) in [6.45, 7) is 5.93. The molecule has 0 fully saturated rings. The Labute approximate surface area is 58.2 Å². The third-order valence-electron chi connectivity index (χ3n) is 1.52. The molecule has 0 aromatic carbocycles. The summed E-state index contributed by atoms with van der Waals surface area (Å²) >= 11 is 0. The van der Waals surface area contributed by atoms with Gasteiger partial charge in [-0.25, -0.2) is 0 Å². The summed E-state index contributed by atoms with van der Waals surface area (Å²) in [5.41, 5.74) is 0. The van der Waals surface area contributed by atoms with Crippen molar-refractivity contribution in [3.05, 3.63) is 12.7 Å². The van der Waals surface area contributed by atoms with Gasteiger partial charge in [0.05, 0.1) is 0 Å². The molecule has 0 spiro atoms. The number of likely N-dealkylation sites (N-methyl/N-ethyl adjacent to an activating group) is 1. The average molecular weight is 127 g/mol. The van der Waals surface area contributed by atoms with Gasteiger partial charge in [-0.15, -0.1) is 6.58 Å². The first-order chi connectivity index (χ1) is 4.35. The fourth-order valence-corrected chi connectivity index (χ4v) is 0.804. The minimum atomic E-state index is 0.518. The molecule has 0 saturated heterocycles. The van der Waals surface area contributed by atoms with Crippen molar-refractivity contribution in [2.45, 2.75) is 32.2 Å². The molecule has 0 aliphatic carbocycles. The van der Waals surface area contributed by atoms with Crippen LogP contribution in [0.25, 0.3) is 0 Å². The van der Waals surface area contributed by atoms with Crippen LogP contribution < -0.4 is 5.32 Å². The molecule has 1 nitrogen and oxygen atoms in total. The van der Waals surface area contributed by atoms with Crippen LogP contribution in [-0.2, 0) is 0 Å². The molecule has 1 atom stereocenters. The Morgan fingerprint density at radius 1 is 1.67 bits per heavy atom. The van der Waals surface area contributed by atoms with E-state index in [-0.39, 0.29) is 0 Å². The molecule has 1 heteroatoms. The van der Waals surface area contributed by atoms with Crippen molar-refractivity contribution in [2.24, 2.45) is 0 Å². The molecule has 0 amide bonds. The third-order valence-corrected chi connectivity index (χ3v) is 1.52. The average Bonchev–Trinajstić information content (AvgIpc) is 1.91. The molecule has 0 heterocycles. The quantitative estimate of drug-likeness (QED) is 0.557. The predicted molar refractivity (Wildman–Crippen MR) is 42.6 cm³/mol. The Morgan fingerprint density at radius 3 is 2.67 bits per heavy atom. The summed E-state index contributed by atoms with van der Waals surface area (Å²) in [5, 5.41) is 3.17. The van der Waals surface area contributed by atoms with Gasteiger partial charge in [-0.2, -0.15) is 0 Å². The third kappa shape index (κ3) is 4.22. The highest BCUT2D eigenvalue weighted by Crippen LogP contribution is 1.99. The highest BCUT2D eigenvalue weighted by Gasteiger charge is 1.96. The molecule has 54 valence electrons. The van der Waals surface area contributed by atoms with E-state index >= 15 is 0 Å². The van der Waals surface area contributed by atoms with Gasteiger partial charge in [-0.05, 0) is 13.5 Å². The van der Waals surface area contributed by atoms with E-state index in [9.17, 15) is 0 Å². The minimum absolute atomic E-state index is 0.518. The second-order valence-corrected chi connectivity index (χ2v) is 2.27. The fourth-order valence-electron chi connectivity index (χ4n) is 0.804. The van der Waals surface area contributed by atoms with Gasteiger partial charge >= 0.3 is 0 Å². The van der Waals surface area contributed by atoms with Crippen LogP contribution in [0.4, 0.5) is 0 Å². The molecule has 0 saturated carbocycles. The predicted octanol–water partition coefficient (Wildman–Crippen LogP) is 1.95.